The third-order valence-electron chi connectivity index (χ3n) is 4.52. The summed E-state index contributed by atoms with van der Waals surface area (Å²) in [6.45, 7) is 3.90. The maximum atomic E-state index is 12.6. The summed E-state index contributed by atoms with van der Waals surface area (Å²) in [5.74, 6) is -1.91. The van der Waals surface area contributed by atoms with Crippen molar-refractivity contribution in [1.29, 1.82) is 0 Å². The molecule has 0 aromatic heterocycles. The third-order valence-corrected chi connectivity index (χ3v) is 4.52. The predicted octanol–water partition coefficient (Wildman–Crippen LogP) is 1.22. The first-order valence-electron chi connectivity index (χ1n) is 11.1. The molecule has 0 spiro atoms. The van der Waals surface area contributed by atoms with Gasteiger partial charge in [0.05, 0.1) is 0 Å². The Kier molecular flexibility index (Phi) is 10.1. The van der Waals surface area contributed by atoms with Crippen molar-refractivity contribution < 1.29 is 38.6 Å². The van der Waals surface area contributed by atoms with Crippen LogP contribution in [0.3, 0.4) is 0 Å². The topological polar surface area (TPSA) is 167 Å². The molecule has 1 atom stereocenters. The Morgan fingerprint density at radius 3 is 2.44 bits per heavy atom. The molecule has 1 aromatic rings. The number of carbonyl (C=O) groups excluding carboxylic acids is 4. The molecule has 0 bridgehead atoms. The average Bonchev–Trinajstić information content (AvgIpc) is 2.78. The van der Waals surface area contributed by atoms with Crippen molar-refractivity contribution in [1.82, 2.24) is 25.8 Å². The standard InChI is InChI=1S/C23H31N5O8/c1-23(2,3)36-21(33)24-10-12-27(14-19(30)31)18(29)13-28-11-9-17(25-20(28)32)26-22(34)35-15-16-7-5-4-6-8-16/h4-9,11,17H,10,12-15H2,1-3H3,(H,24,33)(H,25,32)(H,26,34)(H,30,31). The second-order valence-electron chi connectivity index (χ2n) is 8.74. The molecule has 0 fully saturated rings. The van der Waals surface area contributed by atoms with E-state index < -0.39 is 55.0 Å². The summed E-state index contributed by atoms with van der Waals surface area (Å²) in [6.07, 6.45) is 0.425. The lowest BCUT2D eigenvalue weighted by molar-refractivity contribution is -0.144. The van der Waals surface area contributed by atoms with Gasteiger partial charge in [-0.05, 0) is 32.4 Å². The molecule has 5 amide bonds. The summed E-state index contributed by atoms with van der Waals surface area (Å²) in [6, 6.07) is 8.38. The Morgan fingerprint density at radius 1 is 1.14 bits per heavy atom. The molecule has 1 unspecified atom stereocenters. The SMILES string of the molecule is CC(C)(C)OC(=O)NCCN(CC(=O)O)C(=O)CN1C=CC(NC(=O)OCc2ccccc2)NC1=O. The number of ether oxygens (including phenoxy) is 2. The van der Waals surface area contributed by atoms with Gasteiger partial charge in [-0.15, -0.1) is 0 Å². The number of carboxylic acids is 1. The maximum absolute atomic E-state index is 12.6. The number of urea groups is 1. The molecule has 13 heteroatoms. The Bertz CT molecular complexity index is 976. The Morgan fingerprint density at radius 2 is 1.83 bits per heavy atom. The highest BCUT2D eigenvalue weighted by atomic mass is 16.6. The molecule has 36 heavy (non-hydrogen) atoms. The number of aliphatic carboxylic acids is 1. The van der Waals surface area contributed by atoms with Gasteiger partial charge < -0.3 is 30.1 Å². The fourth-order valence-corrected chi connectivity index (χ4v) is 2.93. The van der Waals surface area contributed by atoms with Crippen LogP contribution in [0.25, 0.3) is 0 Å². The van der Waals surface area contributed by atoms with Crippen LogP contribution in [0.5, 0.6) is 0 Å². The first-order valence-corrected chi connectivity index (χ1v) is 11.1. The monoisotopic (exact) mass is 505 g/mol. The van der Waals surface area contributed by atoms with E-state index in [1.807, 2.05) is 18.2 Å². The summed E-state index contributed by atoms with van der Waals surface area (Å²) >= 11 is 0. The van der Waals surface area contributed by atoms with Crippen LogP contribution in [0.2, 0.25) is 0 Å². The largest absolute Gasteiger partial charge is 0.480 e. The van der Waals surface area contributed by atoms with Crippen LogP contribution in [-0.4, -0.2) is 82.9 Å². The highest BCUT2D eigenvalue weighted by molar-refractivity contribution is 5.87. The van der Waals surface area contributed by atoms with Crippen LogP contribution in [0.1, 0.15) is 26.3 Å². The van der Waals surface area contributed by atoms with Gasteiger partial charge in [0.1, 0.15) is 31.5 Å². The highest BCUT2D eigenvalue weighted by Gasteiger charge is 2.26. The van der Waals surface area contributed by atoms with Crippen LogP contribution >= 0.6 is 0 Å². The van der Waals surface area contributed by atoms with Gasteiger partial charge in [-0.3, -0.25) is 19.8 Å². The number of nitrogens with one attached hydrogen (secondary N) is 3. The lowest BCUT2D eigenvalue weighted by Crippen LogP contribution is -2.55. The van der Waals surface area contributed by atoms with E-state index in [1.54, 1.807) is 32.9 Å². The fourth-order valence-electron chi connectivity index (χ4n) is 2.93. The summed E-state index contributed by atoms with van der Waals surface area (Å²) in [4.78, 5) is 62.0. The zero-order chi connectivity index (χ0) is 26.7. The van der Waals surface area contributed by atoms with Crippen molar-refractivity contribution in [2.45, 2.75) is 39.1 Å². The summed E-state index contributed by atoms with van der Waals surface area (Å²) in [5.41, 5.74) is 0.0905. The molecule has 196 valence electrons. The van der Waals surface area contributed by atoms with E-state index in [1.165, 1.54) is 12.3 Å². The van der Waals surface area contributed by atoms with E-state index in [0.717, 1.165) is 15.4 Å². The fraction of sp³-hybridized carbons (Fsp3) is 0.435. The zero-order valence-corrected chi connectivity index (χ0v) is 20.4. The lowest BCUT2D eigenvalue weighted by atomic mass is 10.2. The summed E-state index contributed by atoms with van der Waals surface area (Å²) in [7, 11) is 0. The van der Waals surface area contributed by atoms with Gasteiger partial charge in [0, 0.05) is 19.3 Å². The number of carbonyl (C=O) groups is 5. The van der Waals surface area contributed by atoms with Crippen LogP contribution in [0.4, 0.5) is 14.4 Å². The molecule has 1 heterocycles. The predicted molar refractivity (Wildman–Crippen MR) is 126 cm³/mol. The second kappa shape index (κ2) is 13.0. The van der Waals surface area contributed by atoms with Crippen molar-refractivity contribution in [2.75, 3.05) is 26.2 Å². The first kappa shape index (κ1) is 28.0. The van der Waals surface area contributed by atoms with E-state index in [4.69, 9.17) is 14.6 Å². The van der Waals surface area contributed by atoms with E-state index >= 15 is 0 Å². The molecule has 0 saturated carbocycles. The van der Waals surface area contributed by atoms with Gasteiger partial charge in [0.2, 0.25) is 5.91 Å². The van der Waals surface area contributed by atoms with Gasteiger partial charge in [-0.25, -0.2) is 14.4 Å². The molecule has 0 aliphatic carbocycles. The number of hydrogen-bond acceptors (Lipinski definition) is 7. The Labute approximate surface area is 208 Å². The summed E-state index contributed by atoms with van der Waals surface area (Å²) < 4.78 is 10.2. The van der Waals surface area contributed by atoms with Crippen LogP contribution in [-0.2, 0) is 25.7 Å². The number of amides is 5. The number of carboxylic acid groups (broad SMARTS) is 1. The Balaban J connectivity index is 1.84. The molecule has 1 aliphatic rings. The minimum Gasteiger partial charge on any atom is -0.480 e. The van der Waals surface area contributed by atoms with Crippen LogP contribution in [0, 0.1) is 0 Å². The molecular weight excluding hydrogens is 474 g/mol. The van der Waals surface area contributed by atoms with E-state index in [0.29, 0.717) is 0 Å². The van der Waals surface area contributed by atoms with E-state index in [-0.39, 0.29) is 19.7 Å². The maximum Gasteiger partial charge on any atom is 0.409 e. The second-order valence-corrected chi connectivity index (χ2v) is 8.74. The van der Waals surface area contributed by atoms with E-state index in [2.05, 4.69) is 16.0 Å². The quantitative estimate of drug-likeness (QED) is 0.368. The van der Waals surface area contributed by atoms with Crippen molar-refractivity contribution in [3.63, 3.8) is 0 Å². The van der Waals surface area contributed by atoms with Crippen molar-refractivity contribution in [3.8, 4) is 0 Å². The van der Waals surface area contributed by atoms with Gasteiger partial charge in [-0.2, -0.15) is 0 Å². The van der Waals surface area contributed by atoms with Crippen LogP contribution < -0.4 is 16.0 Å². The number of benzene rings is 1. The molecule has 1 aromatic carbocycles. The van der Waals surface area contributed by atoms with Crippen molar-refractivity contribution in [2.24, 2.45) is 0 Å². The molecule has 0 radical (unpaired) electrons. The molecule has 13 nitrogen and oxygen atoms in total. The van der Waals surface area contributed by atoms with Crippen molar-refractivity contribution >= 4 is 30.1 Å². The van der Waals surface area contributed by atoms with Gasteiger partial charge >= 0.3 is 24.2 Å². The molecule has 4 N–H and O–H groups in total. The Hall–Kier alpha value is -4.29. The highest BCUT2D eigenvalue weighted by Crippen LogP contribution is 2.07. The number of hydrogen-bond donors (Lipinski definition) is 4. The molecule has 2 rings (SSSR count). The number of nitrogens with zero attached hydrogens (tertiary/aromatic N) is 2. The van der Waals surface area contributed by atoms with Gasteiger partial charge in [0.15, 0.2) is 0 Å². The van der Waals surface area contributed by atoms with Gasteiger partial charge in [0.25, 0.3) is 0 Å². The van der Waals surface area contributed by atoms with Gasteiger partial charge in [-0.1, -0.05) is 30.3 Å². The summed E-state index contributed by atoms with van der Waals surface area (Å²) in [5, 5.41) is 16.5. The molecule has 1 aliphatic heterocycles. The zero-order valence-electron chi connectivity index (χ0n) is 20.4. The normalized spacial score (nSPS) is 14.9. The molecule has 0 saturated heterocycles. The first-order chi connectivity index (χ1) is 16.9. The average molecular weight is 506 g/mol. The van der Waals surface area contributed by atoms with E-state index in [9.17, 15) is 24.0 Å². The van der Waals surface area contributed by atoms with Crippen molar-refractivity contribution in [3.05, 3.63) is 48.2 Å². The smallest absolute Gasteiger partial charge is 0.409 e. The molecular formula is C23H31N5O8. The minimum absolute atomic E-state index is 0.0486. The third kappa shape index (κ3) is 10.3. The van der Waals surface area contributed by atoms with Crippen LogP contribution in [0.15, 0.2) is 42.6 Å². The lowest BCUT2D eigenvalue weighted by Gasteiger charge is -2.29. The number of rotatable bonds is 10. The minimum atomic E-state index is -1.25. The number of alkyl carbamates (subject to hydrolysis) is 2.